The Labute approximate surface area is 144 Å². The first-order chi connectivity index (χ1) is 12.3. The van der Waals surface area contributed by atoms with Crippen LogP contribution in [0, 0.1) is 0 Å². The minimum absolute atomic E-state index is 0.112. The molecule has 128 valence electrons. The highest BCUT2D eigenvalue weighted by Crippen LogP contribution is 2.09. The summed E-state index contributed by atoms with van der Waals surface area (Å²) >= 11 is 0. The van der Waals surface area contributed by atoms with Crippen LogP contribution in [0.5, 0.6) is 0 Å². The molecule has 1 aliphatic heterocycles. The van der Waals surface area contributed by atoms with Crippen LogP contribution in [0.1, 0.15) is 27.6 Å². The number of nitrogens with zero attached hydrogens (tertiary/aromatic N) is 5. The summed E-state index contributed by atoms with van der Waals surface area (Å²) < 4.78 is 4.03. The Balaban J connectivity index is 1.42. The molecule has 1 amide bonds. The zero-order valence-corrected chi connectivity index (χ0v) is 13.7. The molecule has 0 saturated heterocycles. The molecule has 25 heavy (non-hydrogen) atoms. The van der Waals surface area contributed by atoms with Crippen LogP contribution in [-0.2, 0) is 26.2 Å². The molecule has 0 saturated carbocycles. The average Bonchev–Trinajstić information content (AvgIpc) is 3.30. The van der Waals surface area contributed by atoms with Crippen molar-refractivity contribution in [3.8, 4) is 0 Å². The van der Waals surface area contributed by atoms with Gasteiger partial charge >= 0.3 is 0 Å². The van der Waals surface area contributed by atoms with E-state index >= 15 is 0 Å². The van der Waals surface area contributed by atoms with Crippen molar-refractivity contribution in [3.63, 3.8) is 0 Å². The summed E-state index contributed by atoms with van der Waals surface area (Å²) in [6.07, 6.45) is 5.40. The molecule has 3 heterocycles. The molecule has 4 rings (SSSR count). The van der Waals surface area contributed by atoms with Gasteiger partial charge in [-0.3, -0.25) is 4.79 Å². The number of nitrogens with one attached hydrogen (secondary N) is 2. The SMILES string of the molecule is O=C(NCc1nnc2n1CCNC2)c1cccc(Cn2ccnc2)c1. The standard InChI is InChI=1S/C17H19N7O/c25-17(20-10-16-22-21-15-9-18-5-7-24(15)16)14-3-1-2-13(8-14)11-23-6-4-19-12-23/h1-4,6,8,12,18H,5,7,9-11H2,(H,20,25). The van der Waals surface area contributed by atoms with Crippen LogP contribution in [0.2, 0.25) is 0 Å². The van der Waals surface area contributed by atoms with Crippen LogP contribution in [0.3, 0.4) is 0 Å². The number of carbonyl (C=O) groups is 1. The molecule has 1 aromatic carbocycles. The zero-order chi connectivity index (χ0) is 17.1. The molecule has 8 nitrogen and oxygen atoms in total. The summed E-state index contributed by atoms with van der Waals surface area (Å²) in [4.78, 5) is 16.5. The predicted molar refractivity (Wildman–Crippen MR) is 90.7 cm³/mol. The van der Waals surface area contributed by atoms with Gasteiger partial charge in [0.15, 0.2) is 5.82 Å². The van der Waals surface area contributed by atoms with E-state index in [1.54, 1.807) is 12.5 Å². The van der Waals surface area contributed by atoms with Crippen LogP contribution >= 0.6 is 0 Å². The number of fused-ring (bicyclic) bond motifs is 1. The maximum absolute atomic E-state index is 12.5. The van der Waals surface area contributed by atoms with Gasteiger partial charge in [0.25, 0.3) is 5.91 Å². The van der Waals surface area contributed by atoms with E-state index in [-0.39, 0.29) is 5.91 Å². The average molecular weight is 337 g/mol. The monoisotopic (exact) mass is 337 g/mol. The highest BCUT2D eigenvalue weighted by atomic mass is 16.1. The number of rotatable bonds is 5. The van der Waals surface area contributed by atoms with E-state index in [1.807, 2.05) is 35.0 Å². The van der Waals surface area contributed by atoms with Crippen molar-refractivity contribution < 1.29 is 4.79 Å². The van der Waals surface area contributed by atoms with Crippen molar-refractivity contribution >= 4 is 5.91 Å². The summed E-state index contributed by atoms with van der Waals surface area (Å²) in [6.45, 7) is 3.50. The third kappa shape index (κ3) is 3.43. The molecule has 0 spiro atoms. The van der Waals surface area contributed by atoms with Crippen LogP contribution in [-0.4, -0.2) is 36.8 Å². The first kappa shape index (κ1) is 15.5. The normalized spacial score (nSPS) is 13.4. The Kier molecular flexibility index (Phi) is 4.26. The van der Waals surface area contributed by atoms with Gasteiger partial charge in [0, 0.05) is 37.6 Å². The minimum Gasteiger partial charge on any atom is -0.345 e. The quantitative estimate of drug-likeness (QED) is 0.710. The molecule has 0 fully saturated rings. The zero-order valence-electron chi connectivity index (χ0n) is 13.7. The maximum Gasteiger partial charge on any atom is 0.251 e. The molecule has 1 aliphatic rings. The smallest absolute Gasteiger partial charge is 0.251 e. The fourth-order valence-corrected chi connectivity index (χ4v) is 2.95. The van der Waals surface area contributed by atoms with E-state index in [4.69, 9.17) is 0 Å². The van der Waals surface area contributed by atoms with Gasteiger partial charge in [-0.2, -0.15) is 0 Å². The van der Waals surface area contributed by atoms with E-state index in [9.17, 15) is 4.79 Å². The second-order valence-corrected chi connectivity index (χ2v) is 5.98. The Morgan fingerprint density at radius 2 is 2.28 bits per heavy atom. The van der Waals surface area contributed by atoms with Crippen LogP contribution in [0.25, 0.3) is 0 Å². The van der Waals surface area contributed by atoms with Crippen molar-refractivity contribution in [3.05, 3.63) is 65.8 Å². The number of carbonyl (C=O) groups excluding carboxylic acids is 1. The molecule has 0 unspecified atom stereocenters. The van der Waals surface area contributed by atoms with Crippen molar-refractivity contribution in [2.24, 2.45) is 0 Å². The fraction of sp³-hybridized carbons (Fsp3) is 0.294. The Morgan fingerprint density at radius 3 is 3.16 bits per heavy atom. The first-order valence-corrected chi connectivity index (χ1v) is 8.24. The van der Waals surface area contributed by atoms with Gasteiger partial charge in [-0.25, -0.2) is 4.98 Å². The lowest BCUT2D eigenvalue weighted by molar-refractivity contribution is 0.0949. The Morgan fingerprint density at radius 1 is 1.32 bits per heavy atom. The predicted octanol–water partition coefficient (Wildman–Crippen LogP) is 0.556. The third-order valence-electron chi connectivity index (χ3n) is 4.22. The summed E-state index contributed by atoms with van der Waals surface area (Å²) in [6, 6.07) is 7.61. The van der Waals surface area contributed by atoms with Crippen LogP contribution < -0.4 is 10.6 Å². The van der Waals surface area contributed by atoms with Gasteiger partial charge in [0.2, 0.25) is 0 Å². The van der Waals surface area contributed by atoms with Crippen LogP contribution in [0.4, 0.5) is 0 Å². The maximum atomic E-state index is 12.5. The summed E-state index contributed by atoms with van der Waals surface area (Å²) in [5.41, 5.74) is 1.69. The molecule has 0 atom stereocenters. The van der Waals surface area contributed by atoms with Crippen molar-refractivity contribution in [1.82, 2.24) is 34.9 Å². The van der Waals surface area contributed by atoms with E-state index in [2.05, 4.69) is 30.4 Å². The van der Waals surface area contributed by atoms with Crippen molar-refractivity contribution in [2.75, 3.05) is 6.54 Å². The van der Waals surface area contributed by atoms with Gasteiger partial charge in [-0.1, -0.05) is 12.1 Å². The first-order valence-electron chi connectivity index (χ1n) is 8.24. The minimum atomic E-state index is -0.112. The summed E-state index contributed by atoms with van der Waals surface area (Å²) in [5.74, 6) is 1.59. The van der Waals surface area contributed by atoms with Gasteiger partial charge < -0.3 is 19.8 Å². The molecule has 2 N–H and O–H groups in total. The second kappa shape index (κ2) is 6.86. The van der Waals surface area contributed by atoms with Gasteiger partial charge in [0.1, 0.15) is 5.82 Å². The number of amides is 1. The van der Waals surface area contributed by atoms with Gasteiger partial charge in [-0.05, 0) is 17.7 Å². The number of hydrogen-bond acceptors (Lipinski definition) is 5. The largest absolute Gasteiger partial charge is 0.345 e. The molecule has 3 aromatic rings. The van der Waals surface area contributed by atoms with Gasteiger partial charge in [0.05, 0.1) is 19.4 Å². The third-order valence-corrected chi connectivity index (χ3v) is 4.22. The molecule has 0 aliphatic carbocycles. The molecule has 0 bridgehead atoms. The lowest BCUT2D eigenvalue weighted by Crippen LogP contribution is -2.31. The lowest BCUT2D eigenvalue weighted by Gasteiger charge is -2.16. The topological polar surface area (TPSA) is 89.7 Å². The number of benzene rings is 1. The summed E-state index contributed by atoms with van der Waals surface area (Å²) in [7, 11) is 0. The number of hydrogen-bond donors (Lipinski definition) is 2. The van der Waals surface area contributed by atoms with Crippen LogP contribution in [0.15, 0.2) is 43.0 Å². The van der Waals surface area contributed by atoms with E-state index in [0.29, 0.717) is 18.7 Å². The second-order valence-electron chi connectivity index (χ2n) is 5.98. The van der Waals surface area contributed by atoms with Gasteiger partial charge in [-0.15, -0.1) is 10.2 Å². The molecule has 8 heteroatoms. The molecular formula is C17H19N7O. The van der Waals surface area contributed by atoms with Crippen molar-refractivity contribution in [2.45, 2.75) is 26.2 Å². The molecular weight excluding hydrogens is 318 g/mol. The molecule has 2 aromatic heterocycles. The number of aromatic nitrogens is 5. The Hall–Kier alpha value is -3.00. The Bertz CT molecular complexity index is 869. The highest BCUT2D eigenvalue weighted by molar-refractivity contribution is 5.94. The number of imidazole rings is 1. The highest BCUT2D eigenvalue weighted by Gasteiger charge is 2.16. The lowest BCUT2D eigenvalue weighted by atomic mass is 10.1. The van der Waals surface area contributed by atoms with E-state index in [1.165, 1.54) is 0 Å². The van der Waals surface area contributed by atoms with Crippen molar-refractivity contribution in [1.29, 1.82) is 0 Å². The fourth-order valence-electron chi connectivity index (χ4n) is 2.95. The van der Waals surface area contributed by atoms with E-state index < -0.39 is 0 Å². The summed E-state index contributed by atoms with van der Waals surface area (Å²) in [5, 5.41) is 14.5. The van der Waals surface area contributed by atoms with E-state index in [0.717, 1.165) is 36.8 Å². The molecule has 0 radical (unpaired) electrons.